The number of amides is 1. The molecule has 0 spiro atoms. The molecule has 144 valence electrons. The topological polar surface area (TPSA) is 72.2 Å². The Balaban J connectivity index is 1.43. The van der Waals surface area contributed by atoms with Crippen molar-refractivity contribution in [3.8, 4) is 11.5 Å². The van der Waals surface area contributed by atoms with Gasteiger partial charge in [-0.25, -0.2) is 9.78 Å². The first-order valence-electron chi connectivity index (χ1n) is 8.77. The smallest absolute Gasteiger partial charge is 0.347 e. The average molecular weight is 423 g/mol. The summed E-state index contributed by atoms with van der Waals surface area (Å²) in [4.78, 5) is 29.7. The maximum absolute atomic E-state index is 12.2. The van der Waals surface area contributed by atoms with E-state index in [9.17, 15) is 9.59 Å². The van der Waals surface area contributed by atoms with Crippen molar-refractivity contribution in [2.24, 2.45) is 0 Å². The molecule has 0 fully saturated rings. The zero-order chi connectivity index (χ0) is 20.2. The highest BCUT2D eigenvalue weighted by Gasteiger charge is 2.09. The highest BCUT2D eigenvalue weighted by atomic mass is 35.5. The van der Waals surface area contributed by atoms with Crippen molar-refractivity contribution < 1.29 is 9.21 Å². The normalized spacial score (nSPS) is 10.8. The molecule has 1 aromatic heterocycles. The van der Waals surface area contributed by atoms with Crippen molar-refractivity contribution in [2.75, 3.05) is 11.1 Å². The average Bonchev–Trinajstić information content (AvgIpc) is 2.74. The molecule has 4 aromatic rings. The molecule has 0 aliphatic rings. The number of halogens is 1. The van der Waals surface area contributed by atoms with E-state index in [1.54, 1.807) is 54.6 Å². The zero-order valence-corrected chi connectivity index (χ0v) is 16.7. The monoisotopic (exact) mass is 422 g/mol. The van der Waals surface area contributed by atoms with Gasteiger partial charge in [-0.05, 0) is 60.7 Å². The number of anilines is 1. The van der Waals surface area contributed by atoms with Crippen LogP contribution in [-0.2, 0) is 4.79 Å². The lowest BCUT2D eigenvalue weighted by Gasteiger charge is -2.07. The van der Waals surface area contributed by atoms with Gasteiger partial charge in [-0.2, -0.15) is 0 Å². The largest absolute Gasteiger partial charge is 0.403 e. The number of thioether (sulfide) groups is 1. The summed E-state index contributed by atoms with van der Waals surface area (Å²) in [6.45, 7) is 0. The third kappa shape index (κ3) is 4.67. The molecular formula is C22H15ClN2O3S. The van der Waals surface area contributed by atoms with Crippen LogP contribution in [0.4, 0.5) is 5.69 Å². The highest BCUT2D eigenvalue weighted by Crippen LogP contribution is 2.22. The summed E-state index contributed by atoms with van der Waals surface area (Å²) < 4.78 is 5.33. The van der Waals surface area contributed by atoms with Crippen LogP contribution in [0.5, 0.6) is 0 Å². The van der Waals surface area contributed by atoms with Crippen LogP contribution in [0.25, 0.3) is 22.4 Å². The molecule has 0 atom stereocenters. The predicted octanol–water partition coefficient (Wildman–Crippen LogP) is 5.24. The summed E-state index contributed by atoms with van der Waals surface area (Å²) in [5, 5.41) is 3.95. The fourth-order valence-corrected chi connectivity index (χ4v) is 3.54. The number of nitrogens with one attached hydrogen (secondary N) is 1. The van der Waals surface area contributed by atoms with Gasteiger partial charge in [0.05, 0.1) is 16.7 Å². The fraction of sp³-hybridized carbons (Fsp3) is 0.0455. The van der Waals surface area contributed by atoms with Crippen LogP contribution in [-0.4, -0.2) is 16.6 Å². The van der Waals surface area contributed by atoms with Crippen molar-refractivity contribution in [1.29, 1.82) is 0 Å². The molecule has 29 heavy (non-hydrogen) atoms. The Bertz CT molecular complexity index is 1220. The number of fused-ring (bicyclic) bond motifs is 1. The molecule has 0 unspecified atom stereocenters. The number of carbonyl (C=O) groups is 1. The van der Waals surface area contributed by atoms with Gasteiger partial charge in [0.25, 0.3) is 0 Å². The minimum absolute atomic E-state index is 0.118. The highest BCUT2D eigenvalue weighted by molar-refractivity contribution is 8.00. The van der Waals surface area contributed by atoms with E-state index in [0.29, 0.717) is 27.2 Å². The minimum atomic E-state index is -0.429. The van der Waals surface area contributed by atoms with Crippen LogP contribution >= 0.6 is 23.4 Å². The van der Waals surface area contributed by atoms with E-state index >= 15 is 0 Å². The Morgan fingerprint density at radius 1 is 1.00 bits per heavy atom. The summed E-state index contributed by atoms with van der Waals surface area (Å²) in [7, 11) is 0. The maximum Gasteiger partial charge on any atom is 0.347 e. The Morgan fingerprint density at radius 3 is 2.48 bits per heavy atom. The van der Waals surface area contributed by atoms with E-state index in [1.807, 2.05) is 18.2 Å². The first-order chi connectivity index (χ1) is 14.1. The van der Waals surface area contributed by atoms with Crippen molar-refractivity contribution in [3.63, 3.8) is 0 Å². The molecule has 1 amide bonds. The first-order valence-corrected chi connectivity index (χ1v) is 10.1. The summed E-state index contributed by atoms with van der Waals surface area (Å²) in [5.41, 5.74) is 1.46. The van der Waals surface area contributed by atoms with Gasteiger partial charge in [0.1, 0.15) is 0 Å². The molecule has 0 aliphatic carbocycles. The van der Waals surface area contributed by atoms with Gasteiger partial charge in [-0.15, -0.1) is 11.8 Å². The SMILES string of the molecule is O=C(CSc1ccc(Cl)cc1)Nc1ccc(-c2nc3ccccc3c(=O)o2)cc1. The Kier molecular flexibility index (Phi) is 5.64. The number of rotatable bonds is 5. The van der Waals surface area contributed by atoms with Gasteiger partial charge in [0, 0.05) is 21.2 Å². The van der Waals surface area contributed by atoms with E-state index in [0.717, 1.165) is 4.90 Å². The van der Waals surface area contributed by atoms with E-state index in [-0.39, 0.29) is 17.6 Å². The molecule has 1 N–H and O–H groups in total. The van der Waals surface area contributed by atoms with E-state index in [4.69, 9.17) is 16.0 Å². The van der Waals surface area contributed by atoms with Crippen LogP contribution in [0.3, 0.4) is 0 Å². The van der Waals surface area contributed by atoms with Gasteiger partial charge >= 0.3 is 5.63 Å². The van der Waals surface area contributed by atoms with Crippen molar-refractivity contribution in [3.05, 3.63) is 88.2 Å². The molecule has 0 saturated carbocycles. The van der Waals surface area contributed by atoms with Gasteiger partial charge in [-0.3, -0.25) is 4.79 Å². The number of para-hydroxylation sites is 1. The van der Waals surface area contributed by atoms with Gasteiger partial charge in [0.15, 0.2) is 0 Å². The Labute approximate surface area is 175 Å². The molecule has 3 aromatic carbocycles. The second-order valence-electron chi connectivity index (χ2n) is 6.19. The third-order valence-corrected chi connectivity index (χ3v) is 5.40. The maximum atomic E-state index is 12.2. The van der Waals surface area contributed by atoms with Crippen LogP contribution in [0.1, 0.15) is 0 Å². The Hall–Kier alpha value is -3.09. The van der Waals surface area contributed by atoms with Crippen LogP contribution in [0.15, 0.2) is 86.9 Å². The van der Waals surface area contributed by atoms with Gasteiger partial charge < -0.3 is 9.73 Å². The van der Waals surface area contributed by atoms with E-state index < -0.39 is 5.63 Å². The molecule has 5 nitrogen and oxygen atoms in total. The minimum Gasteiger partial charge on any atom is -0.403 e. The van der Waals surface area contributed by atoms with Crippen molar-refractivity contribution in [2.45, 2.75) is 4.90 Å². The second kappa shape index (κ2) is 8.51. The molecule has 0 radical (unpaired) electrons. The number of aromatic nitrogens is 1. The third-order valence-electron chi connectivity index (χ3n) is 4.13. The first kappa shape index (κ1) is 19.2. The van der Waals surface area contributed by atoms with Gasteiger partial charge in [-0.1, -0.05) is 23.7 Å². The molecular weight excluding hydrogens is 408 g/mol. The second-order valence-corrected chi connectivity index (χ2v) is 7.68. The number of carbonyl (C=O) groups excluding carboxylic acids is 1. The lowest BCUT2D eigenvalue weighted by molar-refractivity contribution is -0.113. The van der Waals surface area contributed by atoms with Crippen LogP contribution in [0.2, 0.25) is 5.02 Å². The summed E-state index contributed by atoms with van der Waals surface area (Å²) in [6, 6.07) is 21.4. The lowest BCUT2D eigenvalue weighted by Crippen LogP contribution is -2.13. The van der Waals surface area contributed by atoms with Gasteiger partial charge in [0.2, 0.25) is 11.8 Å². The standard InChI is InChI=1S/C22H15ClN2O3S/c23-15-7-11-17(12-8-15)29-13-20(26)24-16-9-5-14(6-10-16)21-25-19-4-2-1-3-18(19)22(27)28-21/h1-12H,13H2,(H,24,26). The Morgan fingerprint density at radius 2 is 1.72 bits per heavy atom. The lowest BCUT2D eigenvalue weighted by atomic mass is 10.2. The molecule has 0 saturated heterocycles. The number of nitrogens with zero attached hydrogens (tertiary/aromatic N) is 1. The van der Waals surface area contributed by atoms with Crippen molar-refractivity contribution in [1.82, 2.24) is 4.98 Å². The summed E-state index contributed by atoms with van der Waals surface area (Å²) in [6.07, 6.45) is 0. The quantitative estimate of drug-likeness (QED) is 0.445. The van der Waals surface area contributed by atoms with E-state index in [1.165, 1.54) is 11.8 Å². The summed E-state index contributed by atoms with van der Waals surface area (Å²) >= 11 is 7.29. The zero-order valence-electron chi connectivity index (χ0n) is 15.1. The summed E-state index contributed by atoms with van der Waals surface area (Å²) in [5.74, 6) is 0.405. The number of hydrogen-bond acceptors (Lipinski definition) is 5. The molecule has 0 aliphatic heterocycles. The number of hydrogen-bond donors (Lipinski definition) is 1. The molecule has 4 rings (SSSR count). The number of benzene rings is 3. The fourth-order valence-electron chi connectivity index (χ4n) is 2.72. The van der Waals surface area contributed by atoms with Crippen LogP contribution in [0, 0.1) is 0 Å². The molecule has 7 heteroatoms. The predicted molar refractivity (Wildman–Crippen MR) is 117 cm³/mol. The van der Waals surface area contributed by atoms with Crippen molar-refractivity contribution >= 4 is 45.9 Å². The van der Waals surface area contributed by atoms with Crippen LogP contribution < -0.4 is 10.9 Å². The molecule has 1 heterocycles. The van der Waals surface area contributed by atoms with E-state index in [2.05, 4.69) is 10.3 Å². The molecule has 0 bridgehead atoms.